The molecule has 0 aliphatic carbocycles. The molecule has 0 amide bonds. The number of nitrogens with one attached hydrogen (secondary N) is 1. The Labute approximate surface area is 126 Å². The van der Waals surface area contributed by atoms with Gasteiger partial charge in [0.2, 0.25) is 0 Å². The molecular formula is C13H10Cl2FNO2S. The van der Waals surface area contributed by atoms with Crippen molar-refractivity contribution >= 4 is 38.9 Å². The maximum atomic E-state index is 13.0. The van der Waals surface area contributed by atoms with E-state index in [1.165, 1.54) is 36.4 Å². The van der Waals surface area contributed by atoms with Crippen molar-refractivity contribution in [2.45, 2.75) is 11.8 Å². The van der Waals surface area contributed by atoms with Crippen molar-refractivity contribution in [2.24, 2.45) is 0 Å². The molecule has 3 nitrogen and oxygen atoms in total. The molecule has 2 aromatic carbocycles. The van der Waals surface area contributed by atoms with E-state index in [1.807, 2.05) is 0 Å². The first-order valence-electron chi connectivity index (χ1n) is 5.53. The van der Waals surface area contributed by atoms with Crippen LogP contribution in [0.3, 0.4) is 0 Å². The summed E-state index contributed by atoms with van der Waals surface area (Å²) in [6.45, 7) is 1.60. The minimum atomic E-state index is -3.84. The van der Waals surface area contributed by atoms with Gasteiger partial charge in [0.15, 0.2) is 0 Å². The van der Waals surface area contributed by atoms with Crippen molar-refractivity contribution in [2.75, 3.05) is 4.72 Å². The fraction of sp³-hybridized carbons (Fsp3) is 0.0769. The molecule has 20 heavy (non-hydrogen) atoms. The van der Waals surface area contributed by atoms with E-state index in [-0.39, 0.29) is 14.9 Å². The van der Waals surface area contributed by atoms with Gasteiger partial charge in [-0.2, -0.15) is 0 Å². The maximum absolute atomic E-state index is 13.0. The number of rotatable bonds is 3. The quantitative estimate of drug-likeness (QED) is 0.912. The molecule has 0 radical (unpaired) electrons. The number of hydrogen-bond acceptors (Lipinski definition) is 2. The molecular weight excluding hydrogens is 324 g/mol. The van der Waals surface area contributed by atoms with Crippen LogP contribution in [0.1, 0.15) is 5.56 Å². The van der Waals surface area contributed by atoms with E-state index in [0.29, 0.717) is 11.3 Å². The van der Waals surface area contributed by atoms with Crippen LogP contribution in [0.2, 0.25) is 10.0 Å². The van der Waals surface area contributed by atoms with E-state index in [4.69, 9.17) is 23.2 Å². The molecule has 0 saturated carbocycles. The molecule has 0 aromatic heterocycles. The zero-order valence-electron chi connectivity index (χ0n) is 10.3. The number of hydrogen-bond donors (Lipinski definition) is 1. The van der Waals surface area contributed by atoms with Crippen LogP contribution < -0.4 is 4.72 Å². The van der Waals surface area contributed by atoms with E-state index in [1.54, 1.807) is 6.92 Å². The summed E-state index contributed by atoms with van der Waals surface area (Å²) >= 11 is 11.6. The average molecular weight is 334 g/mol. The van der Waals surface area contributed by atoms with Gasteiger partial charge < -0.3 is 0 Å². The van der Waals surface area contributed by atoms with Gasteiger partial charge in [-0.1, -0.05) is 23.2 Å². The van der Waals surface area contributed by atoms with Gasteiger partial charge >= 0.3 is 0 Å². The molecule has 0 atom stereocenters. The third-order valence-electron chi connectivity index (χ3n) is 2.58. The van der Waals surface area contributed by atoms with E-state index in [9.17, 15) is 12.8 Å². The van der Waals surface area contributed by atoms with Crippen molar-refractivity contribution in [3.05, 3.63) is 57.8 Å². The largest absolute Gasteiger partial charge is 0.279 e. The van der Waals surface area contributed by atoms with Crippen molar-refractivity contribution in [3.8, 4) is 0 Å². The minimum Gasteiger partial charge on any atom is -0.279 e. The summed E-state index contributed by atoms with van der Waals surface area (Å²) in [6, 6.07) is 7.78. The first-order valence-corrected chi connectivity index (χ1v) is 7.77. The van der Waals surface area contributed by atoms with Crippen LogP contribution >= 0.6 is 23.2 Å². The number of anilines is 1. The molecule has 0 fully saturated rings. The van der Waals surface area contributed by atoms with Gasteiger partial charge in [-0.25, -0.2) is 12.8 Å². The van der Waals surface area contributed by atoms with Gasteiger partial charge in [-0.15, -0.1) is 0 Å². The number of halogens is 3. The summed E-state index contributed by atoms with van der Waals surface area (Å²) in [5.41, 5.74) is 0.768. The van der Waals surface area contributed by atoms with Gasteiger partial charge in [-0.3, -0.25) is 4.72 Å². The summed E-state index contributed by atoms with van der Waals surface area (Å²) in [6.07, 6.45) is 0. The lowest BCUT2D eigenvalue weighted by atomic mass is 10.2. The molecule has 0 spiro atoms. The Morgan fingerprint density at radius 1 is 1.05 bits per heavy atom. The smallest absolute Gasteiger partial charge is 0.262 e. The van der Waals surface area contributed by atoms with E-state index in [0.717, 1.165) is 0 Å². The predicted molar refractivity (Wildman–Crippen MR) is 78.4 cm³/mol. The molecule has 2 rings (SSSR count). The van der Waals surface area contributed by atoms with E-state index < -0.39 is 15.8 Å². The number of benzene rings is 2. The molecule has 0 aliphatic heterocycles. The monoisotopic (exact) mass is 333 g/mol. The number of sulfonamides is 1. The standard InChI is InChI=1S/C13H10Cl2FNO2S/c1-8-4-11(16)2-3-13(8)17-20(18,19)12-6-9(14)5-10(15)7-12/h2-7,17H,1H3. The second kappa shape index (κ2) is 5.60. The van der Waals surface area contributed by atoms with E-state index >= 15 is 0 Å². The Morgan fingerprint density at radius 2 is 1.65 bits per heavy atom. The Bertz CT molecular complexity index is 743. The average Bonchev–Trinajstić information content (AvgIpc) is 2.31. The van der Waals surface area contributed by atoms with Crippen molar-refractivity contribution in [1.29, 1.82) is 0 Å². The first-order chi connectivity index (χ1) is 9.28. The first kappa shape index (κ1) is 15.1. The van der Waals surface area contributed by atoms with Crippen molar-refractivity contribution < 1.29 is 12.8 Å². The van der Waals surface area contributed by atoms with Crippen LogP contribution in [0.4, 0.5) is 10.1 Å². The summed E-state index contributed by atoms with van der Waals surface area (Å²) in [5, 5.41) is 0.433. The molecule has 0 heterocycles. The highest BCUT2D eigenvalue weighted by molar-refractivity contribution is 7.92. The molecule has 1 N–H and O–H groups in total. The lowest BCUT2D eigenvalue weighted by molar-refractivity contribution is 0.601. The third kappa shape index (κ3) is 3.42. The highest BCUT2D eigenvalue weighted by atomic mass is 35.5. The normalized spacial score (nSPS) is 11.4. The topological polar surface area (TPSA) is 46.2 Å². The molecule has 0 bridgehead atoms. The molecule has 2 aromatic rings. The van der Waals surface area contributed by atoms with Crippen LogP contribution in [0, 0.1) is 12.7 Å². The van der Waals surface area contributed by atoms with E-state index in [2.05, 4.69) is 4.72 Å². The molecule has 7 heteroatoms. The SMILES string of the molecule is Cc1cc(F)ccc1NS(=O)(=O)c1cc(Cl)cc(Cl)c1. The Balaban J connectivity index is 2.40. The lowest BCUT2D eigenvalue weighted by Gasteiger charge is -2.11. The van der Waals surface area contributed by atoms with Gasteiger partial charge in [0.05, 0.1) is 10.6 Å². The fourth-order valence-corrected chi connectivity index (χ4v) is 3.49. The number of aryl methyl sites for hydroxylation is 1. The summed E-state index contributed by atoms with van der Waals surface area (Å²) in [4.78, 5) is -0.0567. The fourth-order valence-electron chi connectivity index (χ4n) is 1.63. The molecule has 0 saturated heterocycles. The van der Waals surface area contributed by atoms with Gasteiger partial charge in [-0.05, 0) is 48.9 Å². The molecule has 0 aliphatic rings. The Hall–Kier alpha value is -1.30. The zero-order valence-corrected chi connectivity index (χ0v) is 12.7. The van der Waals surface area contributed by atoms with Crippen LogP contribution in [-0.2, 0) is 10.0 Å². The van der Waals surface area contributed by atoms with Gasteiger partial charge in [0.1, 0.15) is 5.82 Å². The zero-order chi connectivity index (χ0) is 14.9. The van der Waals surface area contributed by atoms with Crippen molar-refractivity contribution in [3.63, 3.8) is 0 Å². The predicted octanol–water partition coefficient (Wildman–Crippen LogP) is 4.24. The minimum absolute atomic E-state index is 0.0567. The maximum Gasteiger partial charge on any atom is 0.262 e. The summed E-state index contributed by atoms with van der Waals surface area (Å²) in [7, 11) is -3.84. The van der Waals surface area contributed by atoms with Crippen LogP contribution in [-0.4, -0.2) is 8.42 Å². The molecule has 0 unspecified atom stereocenters. The lowest BCUT2D eigenvalue weighted by Crippen LogP contribution is -2.13. The highest BCUT2D eigenvalue weighted by Gasteiger charge is 2.16. The highest BCUT2D eigenvalue weighted by Crippen LogP contribution is 2.25. The van der Waals surface area contributed by atoms with Gasteiger partial charge in [0.25, 0.3) is 10.0 Å². The summed E-state index contributed by atoms with van der Waals surface area (Å²) in [5.74, 6) is -0.434. The third-order valence-corrected chi connectivity index (χ3v) is 4.36. The Kier molecular flexibility index (Phi) is 4.22. The van der Waals surface area contributed by atoms with Crippen molar-refractivity contribution in [1.82, 2.24) is 0 Å². The van der Waals surface area contributed by atoms with Crippen LogP contribution in [0.5, 0.6) is 0 Å². The molecule has 106 valence electrons. The van der Waals surface area contributed by atoms with Crippen LogP contribution in [0.15, 0.2) is 41.3 Å². The second-order valence-corrected chi connectivity index (χ2v) is 6.73. The Morgan fingerprint density at radius 3 is 2.20 bits per heavy atom. The summed E-state index contributed by atoms with van der Waals surface area (Å²) < 4.78 is 39.8. The van der Waals surface area contributed by atoms with Gasteiger partial charge in [0, 0.05) is 10.0 Å². The van der Waals surface area contributed by atoms with Crippen LogP contribution in [0.25, 0.3) is 0 Å². The second-order valence-electron chi connectivity index (χ2n) is 4.17.